The Morgan fingerprint density at radius 3 is 2.85 bits per heavy atom. The Balaban J connectivity index is 2.40. The Hall–Kier alpha value is -1.64. The maximum atomic E-state index is 11.0. The number of hydrogen-bond donors (Lipinski definition) is 1. The second kappa shape index (κ2) is 5.09. The van der Waals surface area contributed by atoms with Crippen LogP contribution in [0.25, 0.3) is 0 Å². The first-order valence-electron chi connectivity index (χ1n) is 4.12. The fourth-order valence-electron chi connectivity index (χ4n) is 0.900. The number of rotatable bonds is 3. The van der Waals surface area contributed by atoms with E-state index in [-0.39, 0.29) is 5.91 Å². The average molecular weight is 176 g/mol. The molecule has 1 N–H and O–H groups in total. The fourth-order valence-corrected chi connectivity index (χ4v) is 0.900. The Labute approximate surface area is 77.5 Å². The monoisotopic (exact) mass is 176 g/mol. The third-order valence-electron chi connectivity index (χ3n) is 1.53. The van der Waals surface area contributed by atoms with Gasteiger partial charge in [0, 0.05) is 18.9 Å². The number of pyridine rings is 1. The standard InChI is InChI=1S/C10H12N2O/c1-2-3-10(13)12-8-9-4-6-11-7-5-9/h2-7H,8H2,1H3,(H,12,13)/b3-2+. The van der Waals surface area contributed by atoms with Gasteiger partial charge in [0.05, 0.1) is 0 Å². The van der Waals surface area contributed by atoms with Crippen molar-refractivity contribution in [3.63, 3.8) is 0 Å². The molecule has 0 aliphatic rings. The van der Waals surface area contributed by atoms with Crippen LogP contribution in [0.1, 0.15) is 12.5 Å². The summed E-state index contributed by atoms with van der Waals surface area (Å²) in [6.07, 6.45) is 6.62. The van der Waals surface area contributed by atoms with E-state index in [0.29, 0.717) is 6.54 Å². The highest BCUT2D eigenvalue weighted by Crippen LogP contribution is 1.94. The van der Waals surface area contributed by atoms with E-state index in [1.165, 1.54) is 6.08 Å². The molecule has 0 saturated heterocycles. The summed E-state index contributed by atoms with van der Waals surface area (Å²) in [5.74, 6) is -0.0701. The number of carbonyl (C=O) groups is 1. The molecule has 3 nitrogen and oxygen atoms in total. The van der Waals surface area contributed by atoms with Crippen molar-refractivity contribution in [2.45, 2.75) is 13.5 Å². The van der Waals surface area contributed by atoms with Gasteiger partial charge >= 0.3 is 0 Å². The van der Waals surface area contributed by atoms with Gasteiger partial charge in [-0.05, 0) is 30.7 Å². The quantitative estimate of drug-likeness (QED) is 0.705. The lowest BCUT2D eigenvalue weighted by Gasteiger charge is -2.00. The van der Waals surface area contributed by atoms with Crippen molar-refractivity contribution in [3.8, 4) is 0 Å². The van der Waals surface area contributed by atoms with E-state index in [1.54, 1.807) is 18.5 Å². The van der Waals surface area contributed by atoms with Crippen molar-refractivity contribution in [3.05, 3.63) is 42.2 Å². The zero-order valence-electron chi connectivity index (χ0n) is 7.53. The van der Waals surface area contributed by atoms with Gasteiger partial charge in [-0.15, -0.1) is 0 Å². The van der Waals surface area contributed by atoms with E-state index in [0.717, 1.165) is 5.56 Å². The third kappa shape index (κ3) is 3.51. The van der Waals surface area contributed by atoms with E-state index >= 15 is 0 Å². The number of carbonyl (C=O) groups excluding carboxylic acids is 1. The van der Waals surface area contributed by atoms with Crippen LogP contribution in [0.4, 0.5) is 0 Å². The molecule has 3 heteroatoms. The second-order valence-corrected chi connectivity index (χ2v) is 2.57. The number of aromatic nitrogens is 1. The van der Waals surface area contributed by atoms with Crippen molar-refractivity contribution in [1.82, 2.24) is 10.3 Å². The molecule has 0 fully saturated rings. The molecular formula is C10H12N2O. The smallest absolute Gasteiger partial charge is 0.243 e. The van der Waals surface area contributed by atoms with Crippen LogP contribution in [0.15, 0.2) is 36.7 Å². The predicted octanol–water partition coefficient (Wildman–Crippen LogP) is 1.27. The highest BCUT2D eigenvalue weighted by atomic mass is 16.1. The maximum Gasteiger partial charge on any atom is 0.243 e. The van der Waals surface area contributed by atoms with Gasteiger partial charge in [0.25, 0.3) is 0 Å². The molecule has 0 saturated carbocycles. The van der Waals surface area contributed by atoms with E-state index in [9.17, 15) is 4.79 Å². The molecule has 68 valence electrons. The van der Waals surface area contributed by atoms with Gasteiger partial charge in [-0.1, -0.05) is 6.08 Å². The molecule has 0 aliphatic carbocycles. The van der Waals surface area contributed by atoms with Gasteiger partial charge in [-0.2, -0.15) is 0 Å². The molecule has 0 atom stereocenters. The van der Waals surface area contributed by atoms with Crippen LogP contribution < -0.4 is 5.32 Å². The van der Waals surface area contributed by atoms with Crippen LogP contribution in [-0.2, 0) is 11.3 Å². The molecule has 1 rings (SSSR count). The Morgan fingerprint density at radius 2 is 2.23 bits per heavy atom. The summed E-state index contributed by atoms with van der Waals surface area (Å²) in [5.41, 5.74) is 1.05. The molecule has 0 radical (unpaired) electrons. The summed E-state index contributed by atoms with van der Waals surface area (Å²) in [4.78, 5) is 14.9. The molecule has 0 unspecified atom stereocenters. The SMILES string of the molecule is C/C=C/C(=O)NCc1ccncc1. The van der Waals surface area contributed by atoms with Gasteiger partial charge in [-0.3, -0.25) is 9.78 Å². The number of nitrogens with one attached hydrogen (secondary N) is 1. The van der Waals surface area contributed by atoms with E-state index in [2.05, 4.69) is 10.3 Å². The second-order valence-electron chi connectivity index (χ2n) is 2.57. The molecule has 1 aromatic heterocycles. The van der Waals surface area contributed by atoms with Crippen molar-refractivity contribution >= 4 is 5.91 Å². The van der Waals surface area contributed by atoms with Crippen molar-refractivity contribution in [2.24, 2.45) is 0 Å². The molecule has 0 aromatic carbocycles. The fraction of sp³-hybridized carbons (Fsp3) is 0.200. The lowest BCUT2D eigenvalue weighted by Crippen LogP contribution is -2.20. The van der Waals surface area contributed by atoms with Crippen LogP contribution in [0.5, 0.6) is 0 Å². The summed E-state index contributed by atoms with van der Waals surface area (Å²) >= 11 is 0. The minimum Gasteiger partial charge on any atom is -0.348 e. The highest BCUT2D eigenvalue weighted by molar-refractivity contribution is 5.87. The molecule has 1 heterocycles. The molecule has 13 heavy (non-hydrogen) atoms. The van der Waals surface area contributed by atoms with Crippen molar-refractivity contribution < 1.29 is 4.79 Å². The molecule has 0 spiro atoms. The van der Waals surface area contributed by atoms with Gasteiger partial charge in [0.1, 0.15) is 0 Å². The van der Waals surface area contributed by atoms with E-state index in [1.807, 2.05) is 19.1 Å². The summed E-state index contributed by atoms with van der Waals surface area (Å²) in [6.45, 7) is 2.36. The predicted molar refractivity (Wildman–Crippen MR) is 50.9 cm³/mol. The number of hydrogen-bond acceptors (Lipinski definition) is 2. The maximum absolute atomic E-state index is 11.0. The van der Waals surface area contributed by atoms with Crippen LogP contribution in [0.2, 0.25) is 0 Å². The first-order chi connectivity index (χ1) is 6.33. The van der Waals surface area contributed by atoms with Crippen molar-refractivity contribution in [1.29, 1.82) is 0 Å². The lowest BCUT2D eigenvalue weighted by molar-refractivity contribution is -0.116. The van der Waals surface area contributed by atoms with Crippen LogP contribution in [0, 0.1) is 0 Å². The Kier molecular flexibility index (Phi) is 3.70. The summed E-state index contributed by atoms with van der Waals surface area (Å²) < 4.78 is 0. The van der Waals surface area contributed by atoms with Crippen LogP contribution >= 0.6 is 0 Å². The van der Waals surface area contributed by atoms with E-state index in [4.69, 9.17) is 0 Å². The third-order valence-corrected chi connectivity index (χ3v) is 1.53. The highest BCUT2D eigenvalue weighted by Gasteiger charge is 1.94. The minimum atomic E-state index is -0.0701. The van der Waals surface area contributed by atoms with Gasteiger partial charge in [-0.25, -0.2) is 0 Å². The number of amides is 1. The molecule has 0 aliphatic heterocycles. The first kappa shape index (κ1) is 9.45. The topological polar surface area (TPSA) is 42.0 Å². The first-order valence-corrected chi connectivity index (χ1v) is 4.12. The molecule has 1 amide bonds. The Bertz CT molecular complexity index is 293. The molecule has 1 aromatic rings. The van der Waals surface area contributed by atoms with Gasteiger partial charge in [0.2, 0.25) is 5.91 Å². The zero-order chi connectivity index (χ0) is 9.52. The van der Waals surface area contributed by atoms with Gasteiger partial charge < -0.3 is 5.32 Å². The largest absolute Gasteiger partial charge is 0.348 e. The normalized spacial score (nSPS) is 10.2. The number of nitrogens with zero attached hydrogens (tertiary/aromatic N) is 1. The average Bonchev–Trinajstić information content (AvgIpc) is 2.17. The summed E-state index contributed by atoms with van der Waals surface area (Å²) in [7, 11) is 0. The van der Waals surface area contributed by atoms with Crippen LogP contribution in [0.3, 0.4) is 0 Å². The summed E-state index contributed by atoms with van der Waals surface area (Å²) in [5, 5.41) is 2.75. The molecular weight excluding hydrogens is 164 g/mol. The summed E-state index contributed by atoms with van der Waals surface area (Å²) in [6, 6.07) is 3.74. The minimum absolute atomic E-state index is 0.0701. The lowest BCUT2D eigenvalue weighted by atomic mass is 10.3. The zero-order valence-corrected chi connectivity index (χ0v) is 7.53. The van der Waals surface area contributed by atoms with Crippen LogP contribution in [-0.4, -0.2) is 10.9 Å². The molecule has 0 bridgehead atoms. The van der Waals surface area contributed by atoms with Gasteiger partial charge in [0.15, 0.2) is 0 Å². The van der Waals surface area contributed by atoms with Crippen molar-refractivity contribution in [2.75, 3.05) is 0 Å². The number of allylic oxidation sites excluding steroid dienone is 1. The van der Waals surface area contributed by atoms with E-state index < -0.39 is 0 Å². The Morgan fingerprint density at radius 1 is 1.54 bits per heavy atom.